The van der Waals surface area contributed by atoms with Gasteiger partial charge in [-0.2, -0.15) is 8.42 Å². The van der Waals surface area contributed by atoms with Gasteiger partial charge in [0.15, 0.2) is 12.4 Å². The van der Waals surface area contributed by atoms with E-state index in [2.05, 4.69) is 5.32 Å². The quantitative estimate of drug-likeness (QED) is 0.293. The fourth-order valence-corrected chi connectivity index (χ4v) is 4.24. The van der Waals surface area contributed by atoms with E-state index < -0.39 is 28.6 Å². The predicted molar refractivity (Wildman–Crippen MR) is 126 cm³/mol. The van der Waals surface area contributed by atoms with Gasteiger partial charge in [-0.15, -0.1) is 0 Å². The summed E-state index contributed by atoms with van der Waals surface area (Å²) in [6, 6.07) is 16.7. The van der Waals surface area contributed by atoms with Crippen molar-refractivity contribution in [2.24, 2.45) is 0 Å². The lowest BCUT2D eigenvalue weighted by Crippen LogP contribution is -2.21. The Labute approximate surface area is 197 Å². The fourth-order valence-electron chi connectivity index (χ4n) is 2.99. The van der Waals surface area contributed by atoms with Crippen molar-refractivity contribution in [3.8, 4) is 5.75 Å². The van der Waals surface area contributed by atoms with Crippen LogP contribution in [0, 0.1) is 13.8 Å². The molecule has 9 heteroatoms. The lowest BCUT2D eigenvalue weighted by Gasteiger charge is -2.11. The minimum Gasteiger partial charge on any atom is -0.452 e. The highest BCUT2D eigenvalue weighted by molar-refractivity contribution is 7.87. The Morgan fingerprint density at radius 1 is 0.853 bits per heavy atom. The van der Waals surface area contributed by atoms with Crippen molar-refractivity contribution in [1.29, 1.82) is 0 Å². The summed E-state index contributed by atoms with van der Waals surface area (Å²) < 4.78 is 35.4. The van der Waals surface area contributed by atoms with Gasteiger partial charge in [0, 0.05) is 11.3 Å². The summed E-state index contributed by atoms with van der Waals surface area (Å²) in [5.41, 5.74) is 2.42. The minimum absolute atomic E-state index is 0.0317. The van der Waals surface area contributed by atoms with Crippen molar-refractivity contribution in [2.75, 3.05) is 11.9 Å². The number of nitrogens with one attached hydrogen (secondary N) is 1. The number of carbonyl (C=O) groups is 3. The van der Waals surface area contributed by atoms with Gasteiger partial charge in [-0.25, -0.2) is 4.79 Å². The molecule has 0 aliphatic rings. The fraction of sp³-hybridized carbons (Fsp3) is 0.160. The Hall–Kier alpha value is -3.98. The number of esters is 1. The number of benzene rings is 3. The number of hydrogen-bond acceptors (Lipinski definition) is 7. The van der Waals surface area contributed by atoms with Crippen molar-refractivity contribution >= 4 is 33.5 Å². The van der Waals surface area contributed by atoms with Crippen molar-refractivity contribution in [1.82, 2.24) is 0 Å². The SMILES string of the molecule is CC(=O)c1ccc(NC(=O)COC(=O)c2ccc(OS(=O)(=O)c3cc(C)ccc3C)cc2)cc1. The number of Topliss-reactive ketones (excluding diaryl/α,β-unsaturated/α-hetero) is 1. The van der Waals surface area contributed by atoms with Gasteiger partial charge in [0.05, 0.1) is 5.56 Å². The van der Waals surface area contributed by atoms with Crippen LogP contribution in [0.2, 0.25) is 0 Å². The normalized spacial score (nSPS) is 10.9. The molecule has 0 saturated carbocycles. The highest BCUT2D eigenvalue weighted by Gasteiger charge is 2.20. The average molecular weight is 482 g/mol. The first kappa shape index (κ1) is 24.7. The summed E-state index contributed by atoms with van der Waals surface area (Å²) in [5, 5.41) is 2.56. The van der Waals surface area contributed by atoms with Gasteiger partial charge >= 0.3 is 16.1 Å². The van der Waals surface area contributed by atoms with Crippen LogP contribution in [0.25, 0.3) is 0 Å². The molecule has 1 N–H and O–H groups in total. The van der Waals surface area contributed by atoms with Crippen LogP contribution in [0.3, 0.4) is 0 Å². The monoisotopic (exact) mass is 481 g/mol. The van der Waals surface area contributed by atoms with Crippen molar-refractivity contribution in [2.45, 2.75) is 25.7 Å². The maximum atomic E-state index is 12.6. The van der Waals surface area contributed by atoms with Crippen molar-refractivity contribution < 1.29 is 31.7 Å². The van der Waals surface area contributed by atoms with Gasteiger partial charge in [-0.3, -0.25) is 9.59 Å². The first-order valence-electron chi connectivity index (χ1n) is 10.2. The van der Waals surface area contributed by atoms with E-state index in [-0.39, 0.29) is 22.0 Å². The third-order valence-corrected chi connectivity index (χ3v) is 6.21. The van der Waals surface area contributed by atoms with Crippen LogP contribution in [0.15, 0.2) is 71.6 Å². The first-order chi connectivity index (χ1) is 16.0. The molecule has 0 unspecified atom stereocenters. The van der Waals surface area contributed by atoms with Gasteiger partial charge in [0.1, 0.15) is 10.6 Å². The average Bonchev–Trinajstić information content (AvgIpc) is 2.79. The molecule has 34 heavy (non-hydrogen) atoms. The van der Waals surface area contributed by atoms with Gasteiger partial charge in [0.2, 0.25) is 0 Å². The van der Waals surface area contributed by atoms with E-state index in [1.807, 2.05) is 0 Å². The van der Waals surface area contributed by atoms with Crippen LogP contribution < -0.4 is 9.50 Å². The molecule has 0 saturated heterocycles. The number of ketones is 1. The smallest absolute Gasteiger partial charge is 0.339 e. The van der Waals surface area contributed by atoms with Gasteiger partial charge in [-0.1, -0.05) is 12.1 Å². The molecule has 0 radical (unpaired) electrons. The number of aryl methyl sites for hydroxylation is 2. The maximum Gasteiger partial charge on any atom is 0.339 e. The molecule has 0 atom stereocenters. The van der Waals surface area contributed by atoms with Crippen molar-refractivity contribution in [3.63, 3.8) is 0 Å². The second kappa shape index (κ2) is 10.3. The van der Waals surface area contributed by atoms with Gasteiger partial charge < -0.3 is 14.2 Å². The minimum atomic E-state index is -4.05. The Morgan fingerprint density at radius 3 is 2.09 bits per heavy atom. The van der Waals surface area contributed by atoms with E-state index in [4.69, 9.17) is 8.92 Å². The molecule has 176 valence electrons. The highest BCUT2D eigenvalue weighted by atomic mass is 32.2. The zero-order chi connectivity index (χ0) is 24.9. The Kier molecular flexibility index (Phi) is 7.47. The summed E-state index contributed by atoms with van der Waals surface area (Å²) in [7, 11) is -4.05. The Morgan fingerprint density at radius 2 is 1.47 bits per heavy atom. The summed E-state index contributed by atoms with van der Waals surface area (Å²) in [6.45, 7) is 4.37. The van der Waals surface area contributed by atoms with Crippen molar-refractivity contribution in [3.05, 3.63) is 89.0 Å². The maximum absolute atomic E-state index is 12.6. The van der Waals surface area contributed by atoms with Crippen LogP contribution in [0.5, 0.6) is 5.75 Å². The lowest BCUT2D eigenvalue weighted by atomic mass is 10.1. The lowest BCUT2D eigenvalue weighted by molar-refractivity contribution is -0.119. The van der Waals surface area contributed by atoms with Crippen LogP contribution >= 0.6 is 0 Å². The number of hydrogen-bond donors (Lipinski definition) is 1. The van der Waals surface area contributed by atoms with Crippen LogP contribution in [0.4, 0.5) is 5.69 Å². The molecule has 0 aliphatic heterocycles. The molecule has 0 heterocycles. The van der Waals surface area contributed by atoms with E-state index >= 15 is 0 Å². The van der Waals surface area contributed by atoms with E-state index in [9.17, 15) is 22.8 Å². The summed E-state index contributed by atoms with van der Waals surface area (Å²) in [6.07, 6.45) is 0. The second-order valence-corrected chi connectivity index (χ2v) is 9.10. The number of rotatable bonds is 8. The molecule has 0 spiro atoms. The van der Waals surface area contributed by atoms with E-state index in [1.54, 1.807) is 50.2 Å². The third kappa shape index (κ3) is 6.29. The Bertz CT molecular complexity index is 1330. The molecule has 0 bridgehead atoms. The Balaban J connectivity index is 1.57. The number of anilines is 1. The van der Waals surface area contributed by atoms with Crippen LogP contribution in [-0.2, 0) is 19.6 Å². The van der Waals surface area contributed by atoms with Crippen LogP contribution in [-0.4, -0.2) is 32.7 Å². The molecule has 3 aromatic rings. The second-order valence-electron chi connectivity index (χ2n) is 7.59. The van der Waals surface area contributed by atoms with E-state index in [1.165, 1.54) is 37.3 Å². The molecule has 0 aromatic heterocycles. The molecule has 3 aromatic carbocycles. The largest absolute Gasteiger partial charge is 0.452 e. The molecule has 3 rings (SSSR count). The van der Waals surface area contributed by atoms with Gasteiger partial charge in [0.25, 0.3) is 5.91 Å². The predicted octanol–water partition coefficient (Wildman–Crippen LogP) is 4.07. The molecule has 0 fully saturated rings. The van der Waals surface area contributed by atoms with E-state index in [0.29, 0.717) is 16.8 Å². The summed E-state index contributed by atoms with van der Waals surface area (Å²) >= 11 is 0. The van der Waals surface area contributed by atoms with Crippen LogP contribution in [0.1, 0.15) is 38.8 Å². The molecular weight excluding hydrogens is 458 g/mol. The first-order valence-corrected chi connectivity index (χ1v) is 11.7. The van der Waals surface area contributed by atoms with Gasteiger partial charge in [-0.05, 0) is 86.5 Å². The molecule has 8 nitrogen and oxygen atoms in total. The number of amides is 1. The molecule has 0 aliphatic carbocycles. The topological polar surface area (TPSA) is 116 Å². The third-order valence-electron chi connectivity index (χ3n) is 4.82. The summed E-state index contributed by atoms with van der Waals surface area (Å²) in [4.78, 5) is 35.6. The van der Waals surface area contributed by atoms with E-state index in [0.717, 1.165) is 5.56 Å². The molecular formula is C25H23NO7S. The molecule has 1 amide bonds. The standard InChI is InChI=1S/C25H23NO7S/c1-16-4-5-17(2)23(14-16)34(30,31)33-22-12-8-20(9-13-22)25(29)32-15-24(28)26-21-10-6-19(7-11-21)18(3)27/h4-14H,15H2,1-3H3,(H,26,28). The number of ether oxygens (including phenoxy) is 1. The zero-order valence-electron chi connectivity index (χ0n) is 18.8. The zero-order valence-corrected chi connectivity index (χ0v) is 19.6. The highest BCUT2D eigenvalue weighted by Crippen LogP contribution is 2.23. The summed E-state index contributed by atoms with van der Waals surface area (Å²) in [5.74, 6) is -1.37. The number of carbonyl (C=O) groups excluding carboxylic acids is 3.